The fourth-order valence-electron chi connectivity index (χ4n) is 4.43. The molecule has 0 saturated carbocycles. The van der Waals surface area contributed by atoms with E-state index in [1.54, 1.807) is 0 Å². The van der Waals surface area contributed by atoms with Crippen molar-refractivity contribution in [3.05, 3.63) is 35.9 Å². The fourth-order valence-corrected chi connectivity index (χ4v) is 4.43. The lowest BCUT2D eigenvalue weighted by molar-refractivity contribution is -0.143. The molecular weight excluding hydrogens is 391 g/mol. The molecule has 8 heteroatoms. The Bertz CT molecular complexity index is 679. The summed E-state index contributed by atoms with van der Waals surface area (Å²) in [7, 11) is 0. The summed E-state index contributed by atoms with van der Waals surface area (Å²) < 4.78 is 37.8. The number of aliphatic imine (C=N–C) groups is 1. The number of likely N-dealkylation sites (tertiary alicyclic amines) is 2. The predicted molar refractivity (Wildman–Crippen MR) is 114 cm³/mol. The Kier molecular flexibility index (Phi) is 7.99. The van der Waals surface area contributed by atoms with Crippen LogP contribution in [0.2, 0.25) is 0 Å². The molecule has 0 aromatic heterocycles. The number of benzene rings is 1. The Balaban J connectivity index is 1.49. The summed E-state index contributed by atoms with van der Waals surface area (Å²) in [6.45, 7) is 7.62. The van der Waals surface area contributed by atoms with E-state index >= 15 is 0 Å². The average Bonchev–Trinajstić information content (AvgIpc) is 3.25. The Morgan fingerprint density at radius 1 is 1.20 bits per heavy atom. The van der Waals surface area contributed by atoms with Crippen molar-refractivity contribution >= 4 is 5.96 Å². The minimum atomic E-state index is -4.13. The second-order valence-electron chi connectivity index (χ2n) is 8.57. The first-order valence-electron chi connectivity index (χ1n) is 10.9. The SMILES string of the molecule is CCNC(=NCC1CCN(CC(F)(F)F)C1)NC1CC(C)N(Cc2ccccc2)C1. The molecule has 1 aromatic carbocycles. The average molecular weight is 426 g/mol. The molecule has 0 amide bonds. The zero-order valence-electron chi connectivity index (χ0n) is 18.0. The first-order valence-corrected chi connectivity index (χ1v) is 10.9. The molecule has 1 aromatic rings. The number of alkyl halides is 3. The van der Waals surface area contributed by atoms with Crippen LogP contribution in [0.1, 0.15) is 32.3 Å². The van der Waals surface area contributed by atoms with Gasteiger partial charge < -0.3 is 10.6 Å². The van der Waals surface area contributed by atoms with Gasteiger partial charge in [-0.3, -0.25) is 14.8 Å². The number of nitrogens with zero attached hydrogens (tertiary/aromatic N) is 3. The van der Waals surface area contributed by atoms with Crippen LogP contribution in [-0.2, 0) is 6.54 Å². The molecule has 3 rings (SSSR count). The Hall–Kier alpha value is -1.80. The smallest absolute Gasteiger partial charge is 0.357 e. The van der Waals surface area contributed by atoms with E-state index in [0.29, 0.717) is 31.7 Å². The van der Waals surface area contributed by atoms with Gasteiger partial charge in [-0.05, 0) is 44.7 Å². The standard InChI is InChI=1S/C22H34F3N5/c1-3-26-21(27-12-19-9-10-29(13-19)16-22(23,24)25)28-20-11-17(2)30(15-20)14-18-7-5-4-6-8-18/h4-8,17,19-20H,3,9-16H2,1-2H3,(H2,26,27,28). The van der Waals surface area contributed by atoms with Gasteiger partial charge in [0, 0.05) is 44.8 Å². The summed E-state index contributed by atoms with van der Waals surface area (Å²) >= 11 is 0. The van der Waals surface area contributed by atoms with Crippen molar-refractivity contribution in [3.8, 4) is 0 Å². The molecule has 30 heavy (non-hydrogen) atoms. The van der Waals surface area contributed by atoms with Crippen LogP contribution in [-0.4, -0.2) is 73.3 Å². The van der Waals surface area contributed by atoms with E-state index in [1.165, 1.54) is 10.5 Å². The van der Waals surface area contributed by atoms with Gasteiger partial charge in [0.05, 0.1) is 6.54 Å². The molecule has 5 nitrogen and oxygen atoms in total. The van der Waals surface area contributed by atoms with Gasteiger partial charge in [0.15, 0.2) is 5.96 Å². The maximum absolute atomic E-state index is 12.6. The molecule has 3 atom stereocenters. The largest absolute Gasteiger partial charge is 0.401 e. The molecule has 2 saturated heterocycles. The lowest BCUT2D eigenvalue weighted by atomic mass is 10.1. The lowest BCUT2D eigenvalue weighted by Gasteiger charge is -2.21. The summed E-state index contributed by atoms with van der Waals surface area (Å²) in [6.07, 6.45) is -2.32. The predicted octanol–water partition coefficient (Wildman–Crippen LogP) is 3.09. The van der Waals surface area contributed by atoms with E-state index in [9.17, 15) is 13.2 Å². The molecule has 0 aliphatic carbocycles. The van der Waals surface area contributed by atoms with Crippen LogP contribution in [0.15, 0.2) is 35.3 Å². The third-order valence-corrected chi connectivity index (χ3v) is 5.90. The molecule has 168 valence electrons. The zero-order valence-corrected chi connectivity index (χ0v) is 18.0. The van der Waals surface area contributed by atoms with Gasteiger partial charge in [0.1, 0.15) is 0 Å². The van der Waals surface area contributed by atoms with Crippen molar-refractivity contribution < 1.29 is 13.2 Å². The minimum Gasteiger partial charge on any atom is -0.357 e. The molecule has 0 spiro atoms. The number of halogens is 3. The van der Waals surface area contributed by atoms with Crippen molar-refractivity contribution in [1.82, 2.24) is 20.4 Å². The van der Waals surface area contributed by atoms with Gasteiger partial charge in [0.2, 0.25) is 0 Å². The highest BCUT2D eigenvalue weighted by Crippen LogP contribution is 2.23. The van der Waals surface area contributed by atoms with Gasteiger partial charge in [-0.25, -0.2) is 0 Å². The topological polar surface area (TPSA) is 42.9 Å². The molecule has 2 heterocycles. The van der Waals surface area contributed by atoms with Gasteiger partial charge in [0.25, 0.3) is 0 Å². The van der Waals surface area contributed by atoms with Gasteiger partial charge >= 0.3 is 6.18 Å². The lowest BCUT2D eigenvalue weighted by Crippen LogP contribution is -2.44. The van der Waals surface area contributed by atoms with Crippen LogP contribution in [0.3, 0.4) is 0 Å². The van der Waals surface area contributed by atoms with Crippen LogP contribution >= 0.6 is 0 Å². The fraction of sp³-hybridized carbons (Fsp3) is 0.682. The van der Waals surface area contributed by atoms with Crippen molar-refractivity contribution in [3.63, 3.8) is 0 Å². The quantitative estimate of drug-likeness (QED) is 0.521. The minimum absolute atomic E-state index is 0.180. The summed E-state index contributed by atoms with van der Waals surface area (Å²) in [5.74, 6) is 0.949. The number of rotatable bonds is 7. The van der Waals surface area contributed by atoms with Crippen molar-refractivity contribution in [2.45, 2.75) is 51.5 Å². The highest BCUT2D eigenvalue weighted by Gasteiger charge is 2.34. The first kappa shape index (κ1) is 22.9. The molecule has 2 aliphatic rings. The van der Waals surface area contributed by atoms with E-state index < -0.39 is 12.7 Å². The highest BCUT2D eigenvalue weighted by atomic mass is 19.4. The van der Waals surface area contributed by atoms with Crippen LogP contribution in [0.5, 0.6) is 0 Å². The monoisotopic (exact) mass is 425 g/mol. The molecular formula is C22H34F3N5. The zero-order chi connectivity index (χ0) is 21.6. The van der Waals surface area contributed by atoms with E-state index in [0.717, 1.165) is 38.4 Å². The van der Waals surface area contributed by atoms with Crippen LogP contribution in [0, 0.1) is 5.92 Å². The second-order valence-corrected chi connectivity index (χ2v) is 8.57. The normalized spacial score (nSPS) is 26.3. The first-order chi connectivity index (χ1) is 14.3. The number of hydrogen-bond donors (Lipinski definition) is 2. The highest BCUT2D eigenvalue weighted by molar-refractivity contribution is 5.80. The maximum Gasteiger partial charge on any atom is 0.401 e. The van der Waals surface area contributed by atoms with E-state index in [-0.39, 0.29) is 5.92 Å². The van der Waals surface area contributed by atoms with E-state index in [1.807, 2.05) is 13.0 Å². The van der Waals surface area contributed by atoms with E-state index in [4.69, 9.17) is 4.99 Å². The Morgan fingerprint density at radius 3 is 2.67 bits per heavy atom. The summed E-state index contributed by atoms with van der Waals surface area (Å²) in [5.41, 5.74) is 1.32. The van der Waals surface area contributed by atoms with Crippen LogP contribution in [0.4, 0.5) is 13.2 Å². The van der Waals surface area contributed by atoms with Crippen LogP contribution in [0.25, 0.3) is 0 Å². The van der Waals surface area contributed by atoms with Gasteiger partial charge in [-0.15, -0.1) is 0 Å². The number of nitrogens with one attached hydrogen (secondary N) is 2. The van der Waals surface area contributed by atoms with Gasteiger partial charge in [-0.2, -0.15) is 13.2 Å². The third kappa shape index (κ3) is 7.16. The molecule has 2 fully saturated rings. The molecule has 0 bridgehead atoms. The van der Waals surface area contributed by atoms with Crippen molar-refractivity contribution in [1.29, 1.82) is 0 Å². The third-order valence-electron chi connectivity index (χ3n) is 5.90. The molecule has 3 unspecified atom stereocenters. The number of guanidine groups is 1. The van der Waals surface area contributed by atoms with E-state index in [2.05, 4.69) is 46.7 Å². The maximum atomic E-state index is 12.6. The van der Waals surface area contributed by atoms with Crippen molar-refractivity contribution in [2.75, 3.05) is 39.3 Å². The summed E-state index contributed by atoms with van der Waals surface area (Å²) in [6, 6.07) is 11.3. The van der Waals surface area contributed by atoms with Crippen LogP contribution < -0.4 is 10.6 Å². The molecule has 2 aliphatic heterocycles. The summed E-state index contributed by atoms with van der Waals surface area (Å²) in [5, 5.41) is 6.83. The molecule has 0 radical (unpaired) electrons. The summed E-state index contributed by atoms with van der Waals surface area (Å²) in [4.78, 5) is 8.65. The molecule has 2 N–H and O–H groups in total. The second kappa shape index (κ2) is 10.5. The Morgan fingerprint density at radius 2 is 1.97 bits per heavy atom. The number of hydrogen-bond acceptors (Lipinski definition) is 3. The van der Waals surface area contributed by atoms with Crippen molar-refractivity contribution in [2.24, 2.45) is 10.9 Å². The Labute approximate surface area is 177 Å². The van der Waals surface area contributed by atoms with Gasteiger partial charge in [-0.1, -0.05) is 30.3 Å².